The summed E-state index contributed by atoms with van der Waals surface area (Å²) in [7, 11) is 3.74. The van der Waals surface area contributed by atoms with Crippen LogP contribution >= 0.6 is 0 Å². The van der Waals surface area contributed by atoms with Gasteiger partial charge in [-0.3, -0.25) is 19.7 Å². The maximum absolute atomic E-state index is 13.5. The van der Waals surface area contributed by atoms with Gasteiger partial charge in [0.05, 0.1) is 5.41 Å². The molecule has 0 aliphatic carbocycles. The molecule has 160 valence electrons. The van der Waals surface area contributed by atoms with Gasteiger partial charge < -0.3 is 4.90 Å². The number of piperidine rings is 1. The molecular formula is C26H30N4O. The van der Waals surface area contributed by atoms with Crippen molar-refractivity contribution in [2.75, 3.05) is 27.2 Å². The molecule has 0 radical (unpaired) electrons. The Morgan fingerprint density at radius 3 is 2.52 bits per heavy atom. The number of hydrogen-bond donors (Lipinski definition) is 0. The molecule has 0 bridgehead atoms. The molecule has 3 heterocycles. The Labute approximate surface area is 184 Å². The third-order valence-corrected chi connectivity index (χ3v) is 6.16. The van der Waals surface area contributed by atoms with Crippen LogP contribution in [0.25, 0.3) is 11.1 Å². The quantitative estimate of drug-likeness (QED) is 0.610. The van der Waals surface area contributed by atoms with Crippen LogP contribution in [-0.4, -0.2) is 52.9 Å². The molecule has 31 heavy (non-hydrogen) atoms. The van der Waals surface area contributed by atoms with Crippen LogP contribution < -0.4 is 0 Å². The molecule has 1 aliphatic rings. The molecule has 1 aromatic carbocycles. The van der Waals surface area contributed by atoms with Gasteiger partial charge >= 0.3 is 0 Å². The summed E-state index contributed by atoms with van der Waals surface area (Å²) >= 11 is 0. The number of likely N-dealkylation sites (tertiary alicyclic amines) is 1. The predicted octanol–water partition coefficient (Wildman–Crippen LogP) is 4.06. The molecule has 5 heteroatoms. The lowest BCUT2D eigenvalue weighted by Gasteiger charge is -2.43. The standard InChI is InChI=1S/C26H30N4O/c1-29(2)25(31)26(12-7-15-30(20-26)19-21-8-5-13-27-17-21)16-22-9-3-4-11-24(22)23-10-6-14-28-18-23/h3-6,8-11,13-14,17-18H,7,12,15-16,19-20H2,1-2H3/t26-/m0/s1. The first-order chi connectivity index (χ1) is 15.1. The minimum Gasteiger partial charge on any atom is -0.348 e. The first-order valence-corrected chi connectivity index (χ1v) is 10.9. The molecule has 4 rings (SSSR count). The van der Waals surface area contributed by atoms with Gasteiger partial charge in [0.2, 0.25) is 5.91 Å². The van der Waals surface area contributed by atoms with E-state index in [-0.39, 0.29) is 5.91 Å². The topological polar surface area (TPSA) is 49.3 Å². The first-order valence-electron chi connectivity index (χ1n) is 10.9. The average Bonchev–Trinajstić information content (AvgIpc) is 2.80. The minimum absolute atomic E-state index is 0.212. The van der Waals surface area contributed by atoms with Crippen molar-refractivity contribution in [3.63, 3.8) is 0 Å². The summed E-state index contributed by atoms with van der Waals surface area (Å²) in [6.07, 6.45) is 10.0. The molecule has 1 fully saturated rings. The van der Waals surface area contributed by atoms with Gasteiger partial charge in [0.15, 0.2) is 0 Å². The van der Waals surface area contributed by atoms with Gasteiger partial charge in [-0.1, -0.05) is 36.4 Å². The first kappa shape index (κ1) is 21.2. The van der Waals surface area contributed by atoms with Crippen molar-refractivity contribution in [3.8, 4) is 11.1 Å². The Balaban J connectivity index is 1.66. The molecule has 0 unspecified atom stereocenters. The normalized spacial score (nSPS) is 19.2. The van der Waals surface area contributed by atoms with E-state index in [1.54, 1.807) is 17.3 Å². The van der Waals surface area contributed by atoms with Crippen LogP contribution in [-0.2, 0) is 17.8 Å². The second kappa shape index (κ2) is 9.40. The molecule has 5 nitrogen and oxygen atoms in total. The third-order valence-electron chi connectivity index (χ3n) is 6.16. The smallest absolute Gasteiger partial charge is 0.229 e. The molecule has 0 N–H and O–H groups in total. The van der Waals surface area contributed by atoms with Crippen LogP contribution in [0.4, 0.5) is 0 Å². The summed E-state index contributed by atoms with van der Waals surface area (Å²) in [5.41, 5.74) is 4.20. The van der Waals surface area contributed by atoms with Gasteiger partial charge in [-0.2, -0.15) is 0 Å². The lowest BCUT2D eigenvalue weighted by molar-refractivity contribution is -0.143. The highest BCUT2D eigenvalue weighted by Crippen LogP contribution is 2.38. The van der Waals surface area contributed by atoms with Gasteiger partial charge in [-0.25, -0.2) is 0 Å². The number of nitrogens with zero attached hydrogens (tertiary/aromatic N) is 4. The van der Waals surface area contributed by atoms with Crippen LogP contribution in [0.3, 0.4) is 0 Å². The number of rotatable bonds is 6. The zero-order chi connectivity index (χ0) is 21.7. The van der Waals surface area contributed by atoms with Gasteiger partial charge in [-0.05, 0) is 54.6 Å². The van der Waals surface area contributed by atoms with Gasteiger partial charge in [-0.15, -0.1) is 0 Å². The van der Waals surface area contributed by atoms with Crippen LogP contribution in [0.5, 0.6) is 0 Å². The van der Waals surface area contributed by atoms with E-state index in [2.05, 4.69) is 51.3 Å². The molecule has 1 saturated heterocycles. The summed E-state index contributed by atoms with van der Waals surface area (Å²) in [4.78, 5) is 26.3. The average molecular weight is 415 g/mol. The van der Waals surface area contributed by atoms with Crippen molar-refractivity contribution in [1.29, 1.82) is 0 Å². The SMILES string of the molecule is CN(C)C(=O)[C@]1(Cc2ccccc2-c2cccnc2)CCCN(Cc2cccnc2)C1. The highest BCUT2D eigenvalue weighted by atomic mass is 16.2. The van der Waals surface area contributed by atoms with Gasteiger partial charge in [0, 0.05) is 57.5 Å². The van der Waals surface area contributed by atoms with Crippen LogP contribution in [0, 0.1) is 5.41 Å². The largest absolute Gasteiger partial charge is 0.348 e. The number of amides is 1. The van der Waals surface area contributed by atoms with E-state index in [0.717, 1.165) is 50.0 Å². The van der Waals surface area contributed by atoms with Gasteiger partial charge in [0.1, 0.15) is 0 Å². The lowest BCUT2D eigenvalue weighted by Crippen LogP contribution is -2.52. The van der Waals surface area contributed by atoms with E-state index in [0.29, 0.717) is 0 Å². The maximum Gasteiger partial charge on any atom is 0.229 e. The fourth-order valence-electron chi connectivity index (χ4n) is 4.82. The van der Waals surface area contributed by atoms with Crippen molar-refractivity contribution in [3.05, 3.63) is 84.4 Å². The molecule has 1 aliphatic heterocycles. The number of hydrogen-bond acceptors (Lipinski definition) is 4. The van der Waals surface area contributed by atoms with E-state index in [9.17, 15) is 4.79 Å². The second-order valence-electron chi connectivity index (χ2n) is 8.73. The Hall–Kier alpha value is -3.05. The van der Waals surface area contributed by atoms with E-state index in [1.165, 1.54) is 11.1 Å². The van der Waals surface area contributed by atoms with Crippen molar-refractivity contribution in [1.82, 2.24) is 19.8 Å². The Kier molecular flexibility index (Phi) is 6.42. The fourth-order valence-corrected chi connectivity index (χ4v) is 4.82. The van der Waals surface area contributed by atoms with Crippen LogP contribution in [0.2, 0.25) is 0 Å². The summed E-state index contributed by atoms with van der Waals surface area (Å²) in [5.74, 6) is 0.212. The number of pyridine rings is 2. The summed E-state index contributed by atoms with van der Waals surface area (Å²) in [6.45, 7) is 2.57. The van der Waals surface area contributed by atoms with Gasteiger partial charge in [0.25, 0.3) is 0 Å². The van der Waals surface area contributed by atoms with E-state index >= 15 is 0 Å². The highest BCUT2D eigenvalue weighted by Gasteiger charge is 2.43. The van der Waals surface area contributed by atoms with Crippen molar-refractivity contribution in [2.45, 2.75) is 25.8 Å². The van der Waals surface area contributed by atoms with Crippen molar-refractivity contribution in [2.24, 2.45) is 5.41 Å². The van der Waals surface area contributed by atoms with E-state index in [1.807, 2.05) is 38.6 Å². The Morgan fingerprint density at radius 2 is 1.81 bits per heavy atom. The maximum atomic E-state index is 13.5. The molecule has 3 aromatic rings. The zero-order valence-corrected chi connectivity index (χ0v) is 18.4. The monoisotopic (exact) mass is 414 g/mol. The Morgan fingerprint density at radius 1 is 1.03 bits per heavy atom. The number of carbonyl (C=O) groups excluding carboxylic acids is 1. The summed E-state index contributed by atoms with van der Waals surface area (Å²) in [6, 6.07) is 16.5. The van der Waals surface area contributed by atoms with Crippen LogP contribution in [0.1, 0.15) is 24.0 Å². The molecule has 0 saturated carbocycles. The van der Waals surface area contributed by atoms with Crippen molar-refractivity contribution < 1.29 is 4.79 Å². The lowest BCUT2D eigenvalue weighted by atomic mass is 9.73. The zero-order valence-electron chi connectivity index (χ0n) is 18.4. The number of aromatic nitrogens is 2. The summed E-state index contributed by atoms with van der Waals surface area (Å²) in [5, 5.41) is 0. The van der Waals surface area contributed by atoms with Crippen molar-refractivity contribution >= 4 is 5.91 Å². The predicted molar refractivity (Wildman–Crippen MR) is 123 cm³/mol. The number of benzene rings is 1. The Bertz CT molecular complexity index is 1010. The van der Waals surface area contributed by atoms with E-state index < -0.39 is 5.41 Å². The molecule has 0 spiro atoms. The molecular weight excluding hydrogens is 384 g/mol. The molecule has 2 aromatic heterocycles. The molecule has 1 atom stereocenters. The second-order valence-corrected chi connectivity index (χ2v) is 8.73. The summed E-state index contributed by atoms with van der Waals surface area (Å²) < 4.78 is 0. The highest BCUT2D eigenvalue weighted by molar-refractivity contribution is 5.83. The minimum atomic E-state index is -0.442. The molecule has 1 amide bonds. The van der Waals surface area contributed by atoms with Crippen LogP contribution in [0.15, 0.2) is 73.3 Å². The van der Waals surface area contributed by atoms with E-state index in [4.69, 9.17) is 0 Å². The third kappa shape index (κ3) is 4.83. The number of carbonyl (C=O) groups is 1. The fraction of sp³-hybridized carbons (Fsp3) is 0.346.